The predicted molar refractivity (Wildman–Crippen MR) is 64.4 cm³/mol. The number of aromatic amines is 1. The van der Waals surface area contributed by atoms with Crippen LogP contribution in [0, 0.1) is 0 Å². The summed E-state index contributed by atoms with van der Waals surface area (Å²) < 4.78 is 4.63. The Balaban J connectivity index is 2.01. The van der Waals surface area contributed by atoms with Crippen molar-refractivity contribution in [2.45, 2.75) is 19.5 Å². The number of imidazole rings is 1. The second kappa shape index (κ2) is 4.97. The van der Waals surface area contributed by atoms with Crippen LogP contribution in [0.25, 0.3) is 11.0 Å². The van der Waals surface area contributed by atoms with E-state index in [9.17, 15) is 4.79 Å². The van der Waals surface area contributed by atoms with Crippen molar-refractivity contribution in [3.8, 4) is 0 Å². The molecular formula is C12H15N3O2. The number of carbonyl (C=O) groups excluding carboxylic acids is 1. The molecule has 17 heavy (non-hydrogen) atoms. The summed E-state index contributed by atoms with van der Waals surface area (Å²) in [7, 11) is 1.38. The van der Waals surface area contributed by atoms with Gasteiger partial charge in [0.1, 0.15) is 11.9 Å². The van der Waals surface area contributed by atoms with Gasteiger partial charge in [0.05, 0.1) is 24.7 Å². The molecule has 90 valence electrons. The fourth-order valence-electron chi connectivity index (χ4n) is 1.60. The fourth-order valence-corrected chi connectivity index (χ4v) is 1.60. The number of nitrogens with zero attached hydrogens (tertiary/aromatic N) is 1. The number of esters is 1. The average Bonchev–Trinajstić information content (AvgIpc) is 2.77. The van der Waals surface area contributed by atoms with E-state index in [0.29, 0.717) is 6.54 Å². The molecule has 1 atom stereocenters. The third-order valence-electron chi connectivity index (χ3n) is 2.57. The summed E-state index contributed by atoms with van der Waals surface area (Å²) in [4.78, 5) is 18.8. The van der Waals surface area contributed by atoms with Crippen molar-refractivity contribution in [2.75, 3.05) is 7.11 Å². The Bertz CT molecular complexity index is 488. The van der Waals surface area contributed by atoms with E-state index in [0.717, 1.165) is 16.9 Å². The maximum atomic E-state index is 11.2. The summed E-state index contributed by atoms with van der Waals surface area (Å²) in [6, 6.07) is 7.47. The molecule has 0 spiro atoms. The molecule has 1 aromatic heterocycles. The number of benzene rings is 1. The molecule has 0 amide bonds. The molecule has 0 aliphatic carbocycles. The van der Waals surface area contributed by atoms with Gasteiger partial charge in [-0.05, 0) is 19.1 Å². The van der Waals surface area contributed by atoms with Gasteiger partial charge in [-0.15, -0.1) is 0 Å². The minimum Gasteiger partial charge on any atom is -0.468 e. The summed E-state index contributed by atoms with van der Waals surface area (Å²) in [6.07, 6.45) is 0. The first-order chi connectivity index (χ1) is 8.20. The van der Waals surface area contributed by atoms with Gasteiger partial charge in [0.25, 0.3) is 0 Å². The van der Waals surface area contributed by atoms with Crippen LogP contribution in [0.3, 0.4) is 0 Å². The summed E-state index contributed by atoms with van der Waals surface area (Å²) >= 11 is 0. The number of para-hydroxylation sites is 2. The zero-order valence-corrected chi connectivity index (χ0v) is 9.86. The standard InChI is InChI=1S/C12H15N3O2/c1-8(12(16)17-2)13-7-11-14-9-5-3-4-6-10(9)15-11/h3-6,8,13H,7H2,1-2H3,(H,14,15). The number of hydrogen-bond donors (Lipinski definition) is 2. The van der Waals surface area contributed by atoms with E-state index in [2.05, 4.69) is 20.0 Å². The highest BCUT2D eigenvalue weighted by Crippen LogP contribution is 2.09. The molecule has 1 aromatic carbocycles. The molecule has 0 aliphatic heterocycles. The third-order valence-corrected chi connectivity index (χ3v) is 2.57. The fraction of sp³-hybridized carbons (Fsp3) is 0.333. The normalized spacial score (nSPS) is 12.6. The Labute approximate surface area is 99.2 Å². The van der Waals surface area contributed by atoms with E-state index in [4.69, 9.17) is 0 Å². The maximum absolute atomic E-state index is 11.2. The van der Waals surface area contributed by atoms with Crippen molar-refractivity contribution in [1.29, 1.82) is 0 Å². The lowest BCUT2D eigenvalue weighted by Crippen LogP contribution is -2.34. The monoisotopic (exact) mass is 233 g/mol. The van der Waals surface area contributed by atoms with Crippen molar-refractivity contribution in [2.24, 2.45) is 0 Å². The van der Waals surface area contributed by atoms with Gasteiger partial charge in [0, 0.05) is 0 Å². The van der Waals surface area contributed by atoms with E-state index in [1.165, 1.54) is 7.11 Å². The van der Waals surface area contributed by atoms with Crippen LogP contribution >= 0.6 is 0 Å². The molecule has 2 rings (SSSR count). The number of rotatable bonds is 4. The number of hydrogen-bond acceptors (Lipinski definition) is 4. The predicted octanol–water partition coefficient (Wildman–Crippen LogP) is 1.21. The minimum atomic E-state index is -0.340. The molecule has 0 saturated heterocycles. The van der Waals surface area contributed by atoms with Gasteiger partial charge in [0.2, 0.25) is 0 Å². The van der Waals surface area contributed by atoms with Crippen LogP contribution in [0.2, 0.25) is 0 Å². The van der Waals surface area contributed by atoms with Gasteiger partial charge >= 0.3 is 5.97 Å². The first-order valence-electron chi connectivity index (χ1n) is 5.45. The van der Waals surface area contributed by atoms with E-state index in [1.807, 2.05) is 24.3 Å². The van der Waals surface area contributed by atoms with Gasteiger partial charge in [0.15, 0.2) is 0 Å². The Hall–Kier alpha value is -1.88. The number of methoxy groups -OCH3 is 1. The summed E-state index contributed by atoms with van der Waals surface area (Å²) in [5, 5.41) is 3.04. The molecular weight excluding hydrogens is 218 g/mol. The highest BCUT2D eigenvalue weighted by molar-refractivity contribution is 5.75. The highest BCUT2D eigenvalue weighted by atomic mass is 16.5. The van der Waals surface area contributed by atoms with Crippen molar-refractivity contribution in [3.05, 3.63) is 30.1 Å². The smallest absolute Gasteiger partial charge is 0.322 e. The molecule has 0 bridgehead atoms. The number of nitrogens with one attached hydrogen (secondary N) is 2. The van der Waals surface area contributed by atoms with Gasteiger partial charge in [-0.2, -0.15) is 0 Å². The lowest BCUT2D eigenvalue weighted by molar-refractivity contribution is -0.142. The van der Waals surface area contributed by atoms with E-state index < -0.39 is 0 Å². The van der Waals surface area contributed by atoms with Crippen LogP contribution in [-0.4, -0.2) is 29.1 Å². The van der Waals surface area contributed by atoms with Crippen LogP contribution in [0.4, 0.5) is 0 Å². The van der Waals surface area contributed by atoms with Crippen molar-refractivity contribution in [1.82, 2.24) is 15.3 Å². The van der Waals surface area contributed by atoms with E-state index in [-0.39, 0.29) is 12.0 Å². The molecule has 2 aromatic rings. The first kappa shape index (κ1) is 11.6. The van der Waals surface area contributed by atoms with E-state index in [1.54, 1.807) is 6.92 Å². The Kier molecular flexibility index (Phi) is 3.39. The van der Waals surface area contributed by atoms with Crippen molar-refractivity contribution < 1.29 is 9.53 Å². The largest absolute Gasteiger partial charge is 0.468 e. The molecule has 5 nitrogen and oxygen atoms in total. The minimum absolute atomic E-state index is 0.277. The molecule has 0 fully saturated rings. The van der Waals surface area contributed by atoms with Gasteiger partial charge in [-0.3, -0.25) is 10.1 Å². The topological polar surface area (TPSA) is 67.0 Å². The Morgan fingerprint density at radius 2 is 2.29 bits per heavy atom. The third kappa shape index (κ3) is 2.62. The second-order valence-electron chi connectivity index (χ2n) is 3.83. The highest BCUT2D eigenvalue weighted by Gasteiger charge is 2.12. The van der Waals surface area contributed by atoms with Crippen LogP contribution in [0.5, 0.6) is 0 Å². The SMILES string of the molecule is COC(=O)C(C)NCc1nc2ccccc2[nH]1. The lowest BCUT2D eigenvalue weighted by atomic mass is 10.3. The maximum Gasteiger partial charge on any atom is 0.322 e. The number of aromatic nitrogens is 2. The number of fused-ring (bicyclic) bond motifs is 1. The number of H-pyrrole nitrogens is 1. The Morgan fingerprint density at radius 3 is 3.00 bits per heavy atom. The lowest BCUT2D eigenvalue weighted by Gasteiger charge is -2.09. The first-order valence-corrected chi connectivity index (χ1v) is 5.45. The van der Waals surface area contributed by atoms with Gasteiger partial charge in [-0.1, -0.05) is 12.1 Å². The van der Waals surface area contributed by atoms with Crippen LogP contribution < -0.4 is 5.32 Å². The summed E-state index contributed by atoms with van der Waals surface area (Å²) in [5.74, 6) is 0.531. The molecule has 0 saturated carbocycles. The van der Waals surface area contributed by atoms with Crippen molar-refractivity contribution in [3.63, 3.8) is 0 Å². The van der Waals surface area contributed by atoms with Gasteiger partial charge in [-0.25, -0.2) is 4.98 Å². The Morgan fingerprint density at radius 1 is 1.53 bits per heavy atom. The number of ether oxygens (including phenoxy) is 1. The average molecular weight is 233 g/mol. The molecule has 1 heterocycles. The molecule has 0 radical (unpaired) electrons. The second-order valence-corrected chi connectivity index (χ2v) is 3.83. The summed E-state index contributed by atoms with van der Waals surface area (Å²) in [5.41, 5.74) is 1.92. The zero-order valence-electron chi connectivity index (χ0n) is 9.86. The molecule has 0 aliphatic rings. The van der Waals surface area contributed by atoms with Crippen LogP contribution in [0.15, 0.2) is 24.3 Å². The molecule has 5 heteroatoms. The van der Waals surface area contributed by atoms with Crippen LogP contribution in [-0.2, 0) is 16.1 Å². The van der Waals surface area contributed by atoms with Crippen LogP contribution in [0.1, 0.15) is 12.7 Å². The molecule has 1 unspecified atom stereocenters. The quantitative estimate of drug-likeness (QED) is 0.779. The zero-order chi connectivity index (χ0) is 12.3. The molecule has 2 N–H and O–H groups in total. The summed E-state index contributed by atoms with van der Waals surface area (Å²) in [6.45, 7) is 2.26. The van der Waals surface area contributed by atoms with Crippen molar-refractivity contribution >= 4 is 17.0 Å². The van der Waals surface area contributed by atoms with E-state index >= 15 is 0 Å². The number of carbonyl (C=O) groups is 1. The van der Waals surface area contributed by atoms with Gasteiger partial charge < -0.3 is 9.72 Å².